The van der Waals surface area contributed by atoms with E-state index < -0.39 is 0 Å². The fourth-order valence-corrected chi connectivity index (χ4v) is 4.27. The third-order valence-corrected chi connectivity index (χ3v) is 6.01. The molecule has 1 amide bonds. The van der Waals surface area contributed by atoms with Crippen molar-refractivity contribution in [3.8, 4) is 0 Å². The lowest BCUT2D eigenvalue weighted by Crippen LogP contribution is -2.61. The minimum Gasteiger partial charge on any atom is -0.349 e. The number of amides is 1. The van der Waals surface area contributed by atoms with Crippen LogP contribution < -0.4 is 11.1 Å². The molecule has 0 spiro atoms. The molecular formula is C17H32N2O. The van der Waals surface area contributed by atoms with Gasteiger partial charge >= 0.3 is 0 Å². The maximum Gasteiger partial charge on any atom is 0.224 e. The number of rotatable bonds is 3. The molecule has 0 aromatic carbocycles. The lowest BCUT2D eigenvalue weighted by atomic mass is 9.67. The largest absolute Gasteiger partial charge is 0.349 e. The average Bonchev–Trinajstić information content (AvgIpc) is 2.41. The second-order valence-corrected chi connectivity index (χ2v) is 7.78. The van der Waals surface area contributed by atoms with E-state index in [0.29, 0.717) is 12.5 Å². The van der Waals surface area contributed by atoms with E-state index in [1.807, 2.05) is 0 Å². The number of carbonyl (C=O) groups excluding carboxylic acids is 1. The maximum atomic E-state index is 12.8. The van der Waals surface area contributed by atoms with Crippen LogP contribution in [0, 0.1) is 17.3 Å². The molecule has 20 heavy (non-hydrogen) atoms. The second kappa shape index (κ2) is 6.05. The number of hydrogen-bond donors (Lipinski definition) is 2. The highest BCUT2D eigenvalue weighted by Crippen LogP contribution is 2.41. The van der Waals surface area contributed by atoms with Gasteiger partial charge in [-0.3, -0.25) is 4.79 Å². The van der Waals surface area contributed by atoms with Crippen molar-refractivity contribution in [2.24, 2.45) is 23.0 Å². The Morgan fingerprint density at radius 2 is 1.80 bits per heavy atom. The first-order valence-corrected chi connectivity index (χ1v) is 8.43. The highest BCUT2D eigenvalue weighted by atomic mass is 16.2. The Bertz CT molecular complexity index is 353. The highest BCUT2D eigenvalue weighted by molar-refractivity contribution is 5.80. The minimum absolute atomic E-state index is 0.135. The van der Waals surface area contributed by atoms with E-state index in [-0.39, 0.29) is 22.8 Å². The van der Waals surface area contributed by atoms with E-state index in [0.717, 1.165) is 19.3 Å². The summed E-state index contributed by atoms with van der Waals surface area (Å²) in [6.07, 6.45) is 9.34. The molecule has 2 saturated carbocycles. The Balaban J connectivity index is 2.08. The predicted molar refractivity (Wildman–Crippen MR) is 83.3 cm³/mol. The van der Waals surface area contributed by atoms with Gasteiger partial charge in [-0.2, -0.15) is 0 Å². The first kappa shape index (κ1) is 15.8. The summed E-state index contributed by atoms with van der Waals surface area (Å²) in [6.45, 7) is 7.32. The SMILES string of the molecule is CC1CCCCC1(CN)NC(=O)C1CCCCC1(C)C. The number of hydrogen-bond acceptors (Lipinski definition) is 2. The van der Waals surface area contributed by atoms with Crippen LogP contribution >= 0.6 is 0 Å². The van der Waals surface area contributed by atoms with Crippen LogP contribution in [0.15, 0.2) is 0 Å². The summed E-state index contributed by atoms with van der Waals surface area (Å²) in [7, 11) is 0. The van der Waals surface area contributed by atoms with Crippen LogP contribution in [0.1, 0.15) is 72.1 Å². The van der Waals surface area contributed by atoms with Crippen molar-refractivity contribution >= 4 is 5.91 Å². The summed E-state index contributed by atoms with van der Waals surface area (Å²) >= 11 is 0. The van der Waals surface area contributed by atoms with Crippen molar-refractivity contribution in [3.05, 3.63) is 0 Å². The van der Waals surface area contributed by atoms with Crippen molar-refractivity contribution in [2.75, 3.05) is 6.54 Å². The van der Waals surface area contributed by atoms with E-state index in [1.165, 1.54) is 32.1 Å². The number of nitrogens with one attached hydrogen (secondary N) is 1. The molecule has 2 fully saturated rings. The van der Waals surface area contributed by atoms with Gasteiger partial charge in [-0.1, -0.05) is 46.5 Å². The molecule has 3 unspecified atom stereocenters. The van der Waals surface area contributed by atoms with E-state index in [1.54, 1.807) is 0 Å². The molecule has 0 aromatic heterocycles. The molecule has 2 aliphatic carbocycles. The molecule has 0 aliphatic heterocycles. The van der Waals surface area contributed by atoms with Gasteiger partial charge in [-0.05, 0) is 37.0 Å². The fourth-order valence-electron chi connectivity index (χ4n) is 4.27. The van der Waals surface area contributed by atoms with Crippen LogP contribution in [0.5, 0.6) is 0 Å². The third kappa shape index (κ3) is 3.03. The Morgan fingerprint density at radius 3 is 2.40 bits per heavy atom. The summed E-state index contributed by atoms with van der Waals surface area (Å²) < 4.78 is 0. The number of carbonyl (C=O) groups is 1. The Hall–Kier alpha value is -0.570. The highest BCUT2D eigenvalue weighted by Gasteiger charge is 2.43. The topological polar surface area (TPSA) is 55.1 Å². The van der Waals surface area contributed by atoms with Gasteiger partial charge in [0.2, 0.25) is 5.91 Å². The van der Waals surface area contributed by atoms with Crippen molar-refractivity contribution in [1.29, 1.82) is 0 Å². The van der Waals surface area contributed by atoms with Crippen LogP contribution in [-0.2, 0) is 4.79 Å². The van der Waals surface area contributed by atoms with Gasteiger partial charge in [0.05, 0.1) is 5.54 Å². The zero-order valence-electron chi connectivity index (χ0n) is 13.5. The summed E-state index contributed by atoms with van der Waals surface area (Å²) in [5.74, 6) is 0.916. The van der Waals surface area contributed by atoms with Gasteiger partial charge in [-0.25, -0.2) is 0 Å². The molecule has 3 N–H and O–H groups in total. The van der Waals surface area contributed by atoms with Gasteiger partial charge in [0.25, 0.3) is 0 Å². The van der Waals surface area contributed by atoms with Gasteiger partial charge in [0.15, 0.2) is 0 Å². The molecule has 2 aliphatic rings. The predicted octanol–water partition coefficient (Wildman–Crippen LogP) is 3.23. The Labute approximate surface area is 124 Å². The summed E-state index contributed by atoms with van der Waals surface area (Å²) in [5.41, 5.74) is 6.04. The monoisotopic (exact) mass is 280 g/mol. The van der Waals surface area contributed by atoms with Crippen molar-refractivity contribution in [2.45, 2.75) is 77.7 Å². The van der Waals surface area contributed by atoms with Gasteiger partial charge < -0.3 is 11.1 Å². The molecular weight excluding hydrogens is 248 g/mol. The zero-order chi connectivity index (χ0) is 14.8. The van der Waals surface area contributed by atoms with E-state index in [9.17, 15) is 4.79 Å². The number of nitrogens with two attached hydrogens (primary N) is 1. The molecule has 0 bridgehead atoms. The molecule has 0 heterocycles. The molecule has 3 atom stereocenters. The lowest BCUT2D eigenvalue weighted by molar-refractivity contribution is -0.133. The molecule has 3 nitrogen and oxygen atoms in total. The molecule has 2 rings (SSSR count). The first-order chi connectivity index (χ1) is 9.41. The van der Waals surface area contributed by atoms with Crippen LogP contribution in [0.3, 0.4) is 0 Å². The van der Waals surface area contributed by atoms with E-state index in [2.05, 4.69) is 26.1 Å². The fraction of sp³-hybridized carbons (Fsp3) is 0.941. The average molecular weight is 280 g/mol. The Morgan fingerprint density at radius 1 is 1.15 bits per heavy atom. The summed E-state index contributed by atoms with van der Waals surface area (Å²) in [6, 6.07) is 0. The van der Waals surface area contributed by atoms with Gasteiger partial charge in [-0.15, -0.1) is 0 Å². The van der Waals surface area contributed by atoms with E-state index in [4.69, 9.17) is 5.73 Å². The van der Waals surface area contributed by atoms with Gasteiger partial charge in [0, 0.05) is 12.5 Å². The van der Waals surface area contributed by atoms with Crippen molar-refractivity contribution in [3.63, 3.8) is 0 Å². The third-order valence-electron chi connectivity index (χ3n) is 6.01. The molecule has 3 heteroatoms. The standard InChI is InChI=1S/C17H32N2O/c1-13-8-4-7-11-17(13,12-18)19-15(20)14-9-5-6-10-16(14,2)3/h13-14H,4-12,18H2,1-3H3,(H,19,20). The van der Waals surface area contributed by atoms with Gasteiger partial charge in [0.1, 0.15) is 0 Å². The minimum atomic E-state index is -0.150. The normalized spacial score (nSPS) is 37.4. The van der Waals surface area contributed by atoms with E-state index >= 15 is 0 Å². The first-order valence-electron chi connectivity index (χ1n) is 8.43. The van der Waals surface area contributed by atoms with Crippen LogP contribution in [-0.4, -0.2) is 18.0 Å². The lowest BCUT2D eigenvalue weighted by Gasteiger charge is -2.45. The maximum absolute atomic E-state index is 12.8. The van der Waals surface area contributed by atoms with Crippen molar-refractivity contribution < 1.29 is 4.79 Å². The summed E-state index contributed by atoms with van der Waals surface area (Å²) in [4.78, 5) is 12.8. The van der Waals surface area contributed by atoms with Crippen molar-refractivity contribution in [1.82, 2.24) is 5.32 Å². The molecule has 0 aromatic rings. The van der Waals surface area contributed by atoms with Crippen LogP contribution in [0.2, 0.25) is 0 Å². The quantitative estimate of drug-likeness (QED) is 0.834. The second-order valence-electron chi connectivity index (χ2n) is 7.78. The molecule has 0 radical (unpaired) electrons. The molecule has 0 saturated heterocycles. The summed E-state index contributed by atoms with van der Waals surface area (Å²) in [5, 5.41) is 3.39. The van der Waals surface area contributed by atoms with Crippen LogP contribution in [0.25, 0.3) is 0 Å². The van der Waals surface area contributed by atoms with Crippen LogP contribution in [0.4, 0.5) is 0 Å². The Kier molecular flexibility index (Phi) is 4.78. The smallest absolute Gasteiger partial charge is 0.224 e. The molecule has 116 valence electrons. The zero-order valence-corrected chi connectivity index (χ0v) is 13.5.